The number of hydrogen-bond acceptors (Lipinski definition) is 4. The van der Waals surface area contributed by atoms with Gasteiger partial charge in [0.05, 0.1) is 17.4 Å². The molecule has 1 fully saturated rings. The molecule has 1 N–H and O–H groups in total. The fourth-order valence-electron chi connectivity index (χ4n) is 3.85. The normalized spacial score (nSPS) is 15.1. The molecule has 0 aliphatic carbocycles. The molecule has 3 rings (SSSR count). The number of aromatic nitrogens is 2. The maximum absolute atomic E-state index is 13.9. The predicted octanol–water partition coefficient (Wildman–Crippen LogP) is 3.20. The number of halogens is 3. The molecule has 1 aromatic heterocycles. The number of benzene rings is 1. The van der Waals surface area contributed by atoms with Crippen molar-refractivity contribution in [2.24, 2.45) is 5.92 Å². The molecule has 32 heavy (non-hydrogen) atoms. The first-order chi connectivity index (χ1) is 15.2. The molecule has 2 aromatic rings. The van der Waals surface area contributed by atoms with Gasteiger partial charge in [-0.25, -0.2) is 4.68 Å². The Kier molecular flexibility index (Phi) is 7.55. The van der Waals surface area contributed by atoms with E-state index in [-0.39, 0.29) is 30.6 Å². The minimum absolute atomic E-state index is 0.100. The van der Waals surface area contributed by atoms with Crippen LogP contribution < -0.4 is 5.32 Å². The third-order valence-electron chi connectivity index (χ3n) is 5.59. The molecule has 1 aliphatic heterocycles. The zero-order valence-electron chi connectivity index (χ0n) is 18.1. The molecule has 7 nitrogen and oxygen atoms in total. The number of rotatable bonds is 7. The monoisotopic (exact) mass is 452 g/mol. The topological polar surface area (TPSA) is 76.5 Å². The van der Waals surface area contributed by atoms with Crippen LogP contribution in [0.4, 0.5) is 13.2 Å². The van der Waals surface area contributed by atoms with Gasteiger partial charge in [-0.1, -0.05) is 18.2 Å². The van der Waals surface area contributed by atoms with Crippen LogP contribution in [0.3, 0.4) is 0 Å². The van der Waals surface area contributed by atoms with Gasteiger partial charge in [-0.2, -0.15) is 18.3 Å². The molecule has 1 aromatic carbocycles. The molecule has 0 bridgehead atoms. The standard InChI is InChI=1S/C22H27F3N4O3/c1-15-6-3-4-7-18(15)29-19(22(23,24)25)17(14-27-29)21(31)28-11-8-16(9-12-28)20(30)26-10-5-13-32-2/h3-4,6-7,14,16H,5,8-13H2,1-2H3,(H,26,30). The van der Waals surface area contributed by atoms with Gasteiger partial charge < -0.3 is 15.0 Å². The van der Waals surface area contributed by atoms with E-state index in [1.807, 2.05) is 0 Å². The number of piperidine rings is 1. The largest absolute Gasteiger partial charge is 0.434 e. The first-order valence-electron chi connectivity index (χ1n) is 10.5. The Bertz CT molecular complexity index is 950. The van der Waals surface area contributed by atoms with E-state index < -0.39 is 23.3 Å². The lowest BCUT2D eigenvalue weighted by atomic mass is 9.95. The van der Waals surface area contributed by atoms with Crippen molar-refractivity contribution >= 4 is 11.8 Å². The summed E-state index contributed by atoms with van der Waals surface area (Å²) < 4.78 is 47.5. The highest BCUT2D eigenvalue weighted by molar-refractivity contribution is 5.95. The van der Waals surface area contributed by atoms with Gasteiger partial charge in [0.25, 0.3) is 5.91 Å². The van der Waals surface area contributed by atoms with Crippen molar-refractivity contribution in [1.82, 2.24) is 20.0 Å². The summed E-state index contributed by atoms with van der Waals surface area (Å²) in [5.41, 5.74) is -0.696. The second-order valence-electron chi connectivity index (χ2n) is 7.81. The SMILES string of the molecule is COCCCNC(=O)C1CCN(C(=O)c2cnn(-c3ccccc3C)c2C(F)(F)F)CC1. The van der Waals surface area contributed by atoms with Gasteiger partial charge >= 0.3 is 6.18 Å². The van der Waals surface area contributed by atoms with Crippen LogP contribution >= 0.6 is 0 Å². The van der Waals surface area contributed by atoms with E-state index in [4.69, 9.17) is 4.74 Å². The molecule has 0 atom stereocenters. The molecule has 1 aliphatic rings. The second kappa shape index (κ2) is 10.2. The minimum atomic E-state index is -4.76. The van der Waals surface area contributed by atoms with Crippen LogP contribution in [0.5, 0.6) is 0 Å². The highest BCUT2D eigenvalue weighted by Crippen LogP contribution is 2.35. The second-order valence-corrected chi connectivity index (χ2v) is 7.81. The Balaban J connectivity index is 1.72. The van der Waals surface area contributed by atoms with E-state index in [9.17, 15) is 22.8 Å². The summed E-state index contributed by atoms with van der Waals surface area (Å²) in [5, 5.41) is 6.73. The number of alkyl halides is 3. The van der Waals surface area contributed by atoms with Crippen LogP contribution in [-0.4, -0.2) is 59.8 Å². The van der Waals surface area contributed by atoms with Crippen LogP contribution in [-0.2, 0) is 15.7 Å². The number of nitrogens with one attached hydrogen (secondary N) is 1. The molecule has 10 heteroatoms. The van der Waals surface area contributed by atoms with Gasteiger partial charge in [-0.3, -0.25) is 9.59 Å². The summed E-state index contributed by atoms with van der Waals surface area (Å²) in [5.74, 6) is -1.09. The first kappa shape index (κ1) is 23.8. The number of carbonyl (C=O) groups is 2. The van der Waals surface area contributed by atoms with E-state index in [1.54, 1.807) is 32.2 Å². The van der Waals surface area contributed by atoms with Crippen molar-refractivity contribution in [3.05, 3.63) is 47.3 Å². The summed E-state index contributed by atoms with van der Waals surface area (Å²) in [6.45, 7) is 3.15. The van der Waals surface area contributed by atoms with E-state index in [0.29, 0.717) is 38.0 Å². The molecule has 0 saturated carbocycles. The minimum Gasteiger partial charge on any atom is -0.385 e. The Morgan fingerprint density at radius 3 is 2.53 bits per heavy atom. The zero-order valence-corrected chi connectivity index (χ0v) is 18.1. The van der Waals surface area contributed by atoms with Crippen molar-refractivity contribution in [2.45, 2.75) is 32.4 Å². The average Bonchev–Trinajstić information content (AvgIpc) is 3.22. The maximum atomic E-state index is 13.9. The van der Waals surface area contributed by atoms with Crippen LogP contribution in [0.1, 0.15) is 40.9 Å². The van der Waals surface area contributed by atoms with Crippen molar-refractivity contribution in [2.75, 3.05) is 33.4 Å². The Morgan fingerprint density at radius 2 is 1.91 bits per heavy atom. The zero-order chi connectivity index (χ0) is 23.3. The number of likely N-dealkylation sites (tertiary alicyclic amines) is 1. The molecule has 0 unspecified atom stereocenters. The molecule has 174 valence electrons. The van der Waals surface area contributed by atoms with Gasteiger partial charge in [-0.05, 0) is 37.8 Å². The van der Waals surface area contributed by atoms with Crippen LogP contribution in [0.25, 0.3) is 5.69 Å². The number of hydrogen-bond donors (Lipinski definition) is 1. The fourth-order valence-corrected chi connectivity index (χ4v) is 3.85. The molecular weight excluding hydrogens is 425 g/mol. The van der Waals surface area contributed by atoms with Crippen LogP contribution in [0.2, 0.25) is 0 Å². The van der Waals surface area contributed by atoms with Crippen molar-refractivity contribution < 1.29 is 27.5 Å². The summed E-state index contributed by atoms with van der Waals surface area (Å²) in [6.07, 6.45) is -2.29. The number of nitrogens with zero attached hydrogens (tertiary/aromatic N) is 3. The van der Waals surface area contributed by atoms with Crippen LogP contribution in [0, 0.1) is 12.8 Å². The number of aryl methyl sites for hydroxylation is 1. The number of methoxy groups -OCH3 is 1. The summed E-state index contributed by atoms with van der Waals surface area (Å²) in [7, 11) is 1.59. The Labute approximate surface area is 184 Å². The molecule has 1 saturated heterocycles. The van der Waals surface area contributed by atoms with Gasteiger partial charge in [0.1, 0.15) is 0 Å². The number of ether oxygens (including phenoxy) is 1. The number of para-hydroxylation sites is 1. The molecule has 0 radical (unpaired) electrons. The summed E-state index contributed by atoms with van der Waals surface area (Å²) in [4.78, 5) is 26.6. The quantitative estimate of drug-likeness (QED) is 0.655. The summed E-state index contributed by atoms with van der Waals surface area (Å²) >= 11 is 0. The molecule has 2 heterocycles. The van der Waals surface area contributed by atoms with Crippen molar-refractivity contribution in [1.29, 1.82) is 0 Å². The number of amides is 2. The molecular formula is C22H27F3N4O3. The lowest BCUT2D eigenvalue weighted by Gasteiger charge is -2.31. The fraction of sp³-hybridized carbons (Fsp3) is 0.500. The average molecular weight is 452 g/mol. The predicted molar refractivity (Wildman–Crippen MR) is 111 cm³/mol. The van der Waals surface area contributed by atoms with Crippen molar-refractivity contribution in [3.8, 4) is 5.69 Å². The van der Waals surface area contributed by atoms with E-state index >= 15 is 0 Å². The highest BCUT2D eigenvalue weighted by Gasteiger charge is 2.42. The van der Waals surface area contributed by atoms with Crippen molar-refractivity contribution in [3.63, 3.8) is 0 Å². The van der Waals surface area contributed by atoms with Gasteiger partial charge in [0, 0.05) is 39.3 Å². The van der Waals surface area contributed by atoms with Gasteiger partial charge in [0.15, 0.2) is 5.69 Å². The summed E-state index contributed by atoms with van der Waals surface area (Å²) in [6, 6.07) is 6.56. The lowest BCUT2D eigenvalue weighted by Crippen LogP contribution is -2.43. The van der Waals surface area contributed by atoms with E-state index in [2.05, 4.69) is 10.4 Å². The van der Waals surface area contributed by atoms with Crippen LogP contribution in [0.15, 0.2) is 30.5 Å². The smallest absolute Gasteiger partial charge is 0.385 e. The maximum Gasteiger partial charge on any atom is 0.434 e. The molecule has 0 spiro atoms. The first-order valence-corrected chi connectivity index (χ1v) is 10.5. The Hall–Kier alpha value is -2.88. The highest BCUT2D eigenvalue weighted by atomic mass is 19.4. The molecule has 2 amide bonds. The third-order valence-corrected chi connectivity index (χ3v) is 5.59. The Morgan fingerprint density at radius 1 is 1.22 bits per heavy atom. The number of carbonyl (C=O) groups excluding carboxylic acids is 2. The van der Waals surface area contributed by atoms with E-state index in [1.165, 1.54) is 11.0 Å². The third kappa shape index (κ3) is 5.29. The van der Waals surface area contributed by atoms with E-state index in [0.717, 1.165) is 10.9 Å². The lowest BCUT2D eigenvalue weighted by molar-refractivity contribution is -0.143. The van der Waals surface area contributed by atoms with Gasteiger partial charge in [0.2, 0.25) is 5.91 Å². The van der Waals surface area contributed by atoms with Gasteiger partial charge in [-0.15, -0.1) is 0 Å².